The van der Waals surface area contributed by atoms with Gasteiger partial charge >= 0.3 is 6.03 Å². The van der Waals surface area contributed by atoms with Crippen molar-refractivity contribution in [1.29, 1.82) is 0 Å². The highest BCUT2D eigenvalue weighted by molar-refractivity contribution is 7.07. The quantitative estimate of drug-likeness (QED) is 0.787. The maximum atomic E-state index is 12.7. The Kier molecular flexibility index (Phi) is 7.40. The van der Waals surface area contributed by atoms with E-state index in [9.17, 15) is 4.79 Å². The number of hydrogen-bond acceptors (Lipinski definition) is 4. The van der Waals surface area contributed by atoms with Gasteiger partial charge in [-0.25, -0.2) is 4.79 Å². The van der Waals surface area contributed by atoms with Crippen molar-refractivity contribution in [2.75, 3.05) is 27.2 Å². The largest absolute Gasteiger partial charge is 0.335 e. The van der Waals surface area contributed by atoms with Gasteiger partial charge in [0, 0.05) is 44.0 Å². The molecule has 0 saturated heterocycles. The second-order valence-corrected chi connectivity index (χ2v) is 7.46. The van der Waals surface area contributed by atoms with E-state index in [0.717, 1.165) is 24.2 Å². The van der Waals surface area contributed by atoms with E-state index in [0.29, 0.717) is 13.1 Å². The molecule has 2 heterocycles. The van der Waals surface area contributed by atoms with Gasteiger partial charge in [-0.1, -0.05) is 6.07 Å². The summed E-state index contributed by atoms with van der Waals surface area (Å²) >= 11 is 1.66. The highest BCUT2D eigenvalue weighted by Gasteiger charge is 2.17. The molecule has 0 unspecified atom stereocenters. The van der Waals surface area contributed by atoms with Gasteiger partial charge in [-0.05, 0) is 62.0 Å². The minimum Gasteiger partial charge on any atom is -0.335 e. The summed E-state index contributed by atoms with van der Waals surface area (Å²) in [6, 6.07) is 6.07. The average Bonchev–Trinajstić information content (AvgIpc) is 3.06. The minimum absolute atomic E-state index is 0.0193. The van der Waals surface area contributed by atoms with E-state index < -0.39 is 0 Å². The van der Waals surface area contributed by atoms with E-state index in [1.54, 1.807) is 17.5 Å². The summed E-state index contributed by atoms with van der Waals surface area (Å²) in [5.41, 5.74) is 3.37. The van der Waals surface area contributed by atoms with Crippen LogP contribution in [0.1, 0.15) is 23.7 Å². The lowest BCUT2D eigenvalue weighted by atomic mass is 10.1. The van der Waals surface area contributed by atoms with Crippen LogP contribution in [0.5, 0.6) is 0 Å². The Morgan fingerprint density at radius 2 is 2.12 bits per heavy atom. The summed E-state index contributed by atoms with van der Waals surface area (Å²) in [5.74, 6) is 0. The third kappa shape index (κ3) is 6.48. The van der Waals surface area contributed by atoms with Gasteiger partial charge in [-0.2, -0.15) is 11.3 Å². The summed E-state index contributed by atoms with van der Waals surface area (Å²) in [6.07, 6.45) is 2.54. The van der Waals surface area contributed by atoms with Crippen LogP contribution in [0, 0.1) is 6.92 Å². The molecule has 136 valence electrons. The fraction of sp³-hybridized carbons (Fsp3) is 0.474. The molecule has 1 atom stereocenters. The third-order valence-electron chi connectivity index (χ3n) is 4.05. The van der Waals surface area contributed by atoms with Gasteiger partial charge in [0.25, 0.3) is 0 Å². The number of nitrogens with zero attached hydrogens (tertiary/aromatic N) is 3. The molecular weight excluding hydrogens is 332 g/mol. The van der Waals surface area contributed by atoms with E-state index in [2.05, 4.69) is 39.6 Å². The first-order chi connectivity index (χ1) is 12.0. The number of hydrogen-bond donors (Lipinski definition) is 1. The molecule has 2 aromatic heterocycles. The molecule has 5 nitrogen and oxygen atoms in total. The average molecular weight is 361 g/mol. The number of carbonyl (C=O) groups excluding carboxylic acids is 1. The van der Waals surface area contributed by atoms with Gasteiger partial charge in [0.2, 0.25) is 0 Å². The number of aromatic nitrogens is 1. The molecule has 6 heteroatoms. The van der Waals surface area contributed by atoms with Crippen LogP contribution in [-0.2, 0) is 13.0 Å². The predicted molar refractivity (Wildman–Crippen MR) is 104 cm³/mol. The Morgan fingerprint density at radius 3 is 2.76 bits per heavy atom. The molecule has 0 aliphatic rings. The molecule has 2 amide bonds. The molecule has 0 aromatic carbocycles. The fourth-order valence-corrected chi connectivity index (χ4v) is 3.21. The molecule has 0 fully saturated rings. The summed E-state index contributed by atoms with van der Waals surface area (Å²) in [6.45, 7) is 6.26. The molecule has 25 heavy (non-hydrogen) atoms. The molecule has 2 aromatic rings. The van der Waals surface area contributed by atoms with Crippen molar-refractivity contribution in [3.05, 3.63) is 52.0 Å². The second-order valence-electron chi connectivity index (χ2n) is 6.68. The van der Waals surface area contributed by atoms with Crippen molar-refractivity contribution in [3.63, 3.8) is 0 Å². The summed E-state index contributed by atoms with van der Waals surface area (Å²) < 4.78 is 0. The van der Waals surface area contributed by atoms with E-state index in [1.165, 1.54) is 5.56 Å². The second kappa shape index (κ2) is 9.53. The van der Waals surface area contributed by atoms with Gasteiger partial charge < -0.3 is 15.1 Å². The Balaban J connectivity index is 1.96. The molecule has 1 N–H and O–H groups in total. The first-order valence-corrected chi connectivity index (χ1v) is 9.51. The SMILES string of the molecule is Cc1cccnc1C[C@H](C)NC(=O)N(CCN(C)C)Cc1ccsc1. The summed E-state index contributed by atoms with van der Waals surface area (Å²) in [4.78, 5) is 21.1. The zero-order valence-electron chi connectivity index (χ0n) is 15.5. The predicted octanol–water partition coefficient (Wildman–Crippen LogP) is 3.16. The van der Waals surface area contributed by atoms with Crippen LogP contribution in [0.2, 0.25) is 0 Å². The molecule has 0 aliphatic carbocycles. The number of thiophene rings is 1. The lowest BCUT2D eigenvalue weighted by molar-refractivity contribution is 0.185. The monoisotopic (exact) mass is 360 g/mol. The minimum atomic E-state index is -0.0193. The van der Waals surface area contributed by atoms with Crippen molar-refractivity contribution >= 4 is 17.4 Å². The summed E-state index contributed by atoms with van der Waals surface area (Å²) in [7, 11) is 4.04. The van der Waals surface area contributed by atoms with Crippen molar-refractivity contribution < 1.29 is 4.79 Å². The number of urea groups is 1. The van der Waals surface area contributed by atoms with Gasteiger partial charge in [-0.15, -0.1) is 0 Å². The van der Waals surface area contributed by atoms with Crippen molar-refractivity contribution in [2.24, 2.45) is 0 Å². The van der Waals surface area contributed by atoms with Crippen molar-refractivity contribution in [3.8, 4) is 0 Å². The first-order valence-electron chi connectivity index (χ1n) is 8.57. The highest BCUT2D eigenvalue weighted by Crippen LogP contribution is 2.11. The number of likely N-dealkylation sites (N-methyl/N-ethyl adjacent to an activating group) is 1. The zero-order valence-corrected chi connectivity index (χ0v) is 16.3. The Morgan fingerprint density at radius 1 is 1.32 bits per heavy atom. The van der Waals surface area contributed by atoms with Crippen LogP contribution in [0.25, 0.3) is 0 Å². The lowest BCUT2D eigenvalue weighted by Crippen LogP contribution is -2.46. The lowest BCUT2D eigenvalue weighted by Gasteiger charge is -2.26. The standard InChI is InChI=1S/C19H28N4OS/c1-15-6-5-8-20-18(15)12-16(2)21-19(24)23(10-9-22(3)4)13-17-7-11-25-14-17/h5-8,11,14,16H,9-10,12-13H2,1-4H3,(H,21,24)/t16-/m0/s1. The Hall–Kier alpha value is -1.92. The molecule has 2 rings (SSSR count). The van der Waals surface area contributed by atoms with Gasteiger partial charge in [-0.3, -0.25) is 4.98 Å². The van der Waals surface area contributed by atoms with Crippen LogP contribution in [0.15, 0.2) is 35.2 Å². The number of pyridine rings is 1. The molecule has 0 spiro atoms. The van der Waals surface area contributed by atoms with Crippen molar-refractivity contribution in [1.82, 2.24) is 20.1 Å². The number of amides is 2. The van der Waals surface area contributed by atoms with Crippen LogP contribution in [-0.4, -0.2) is 54.0 Å². The number of aryl methyl sites for hydroxylation is 1. The van der Waals surface area contributed by atoms with Gasteiger partial charge in [0.1, 0.15) is 0 Å². The molecular formula is C19H28N4OS. The van der Waals surface area contributed by atoms with Crippen molar-refractivity contribution in [2.45, 2.75) is 32.9 Å². The smallest absolute Gasteiger partial charge is 0.317 e. The van der Waals surface area contributed by atoms with Crippen LogP contribution >= 0.6 is 11.3 Å². The molecule has 0 radical (unpaired) electrons. The van der Waals surface area contributed by atoms with E-state index >= 15 is 0 Å². The van der Waals surface area contributed by atoms with Gasteiger partial charge in [0.05, 0.1) is 0 Å². The molecule has 0 aliphatic heterocycles. The normalized spacial score (nSPS) is 12.2. The first kappa shape index (κ1) is 19.4. The maximum absolute atomic E-state index is 12.7. The van der Waals surface area contributed by atoms with Crippen LogP contribution < -0.4 is 5.32 Å². The fourth-order valence-electron chi connectivity index (χ4n) is 2.55. The Labute approximate surface area is 154 Å². The van der Waals surface area contributed by atoms with E-state index in [4.69, 9.17) is 0 Å². The Bertz CT molecular complexity index is 657. The maximum Gasteiger partial charge on any atom is 0.317 e. The number of nitrogens with one attached hydrogen (secondary N) is 1. The number of carbonyl (C=O) groups is 1. The van der Waals surface area contributed by atoms with Gasteiger partial charge in [0.15, 0.2) is 0 Å². The number of rotatable bonds is 8. The van der Waals surface area contributed by atoms with Crippen LogP contribution in [0.4, 0.5) is 4.79 Å². The molecule has 0 saturated carbocycles. The summed E-state index contributed by atoms with van der Waals surface area (Å²) in [5, 5.41) is 7.26. The highest BCUT2D eigenvalue weighted by atomic mass is 32.1. The zero-order chi connectivity index (χ0) is 18.2. The van der Waals surface area contributed by atoms with E-state index in [1.807, 2.05) is 37.4 Å². The topological polar surface area (TPSA) is 48.5 Å². The molecule has 0 bridgehead atoms. The van der Waals surface area contributed by atoms with E-state index in [-0.39, 0.29) is 12.1 Å². The van der Waals surface area contributed by atoms with Crippen LogP contribution in [0.3, 0.4) is 0 Å². The third-order valence-corrected chi connectivity index (χ3v) is 4.78.